The fourth-order valence-electron chi connectivity index (χ4n) is 2.40. The van der Waals surface area contributed by atoms with Gasteiger partial charge in [0.25, 0.3) is 0 Å². The Labute approximate surface area is 125 Å². The molecule has 0 spiro atoms. The number of pyridine rings is 1. The van der Waals surface area contributed by atoms with E-state index in [1.165, 1.54) is 17.7 Å². The zero-order valence-corrected chi connectivity index (χ0v) is 12.4. The first-order valence-electron chi connectivity index (χ1n) is 6.52. The van der Waals surface area contributed by atoms with Crippen molar-refractivity contribution in [1.29, 1.82) is 0 Å². The lowest BCUT2D eigenvalue weighted by atomic mass is 10.1. The van der Waals surface area contributed by atoms with Crippen molar-refractivity contribution in [2.75, 3.05) is 0 Å². The number of hydrogen-bond donors (Lipinski definition) is 1. The van der Waals surface area contributed by atoms with E-state index in [4.69, 9.17) is 10.5 Å². The standard InChI is InChI=1S/C15H14BrFN2O/c16-12-7-11(17)4-5-14(12)20-15-10(8-18)6-9-2-1-3-13(9)19-15/h4-7H,1-3,8,18H2. The van der Waals surface area contributed by atoms with E-state index in [0.29, 0.717) is 22.6 Å². The number of rotatable bonds is 3. The Morgan fingerprint density at radius 3 is 2.90 bits per heavy atom. The molecule has 20 heavy (non-hydrogen) atoms. The van der Waals surface area contributed by atoms with E-state index < -0.39 is 0 Å². The number of ether oxygens (including phenoxy) is 1. The summed E-state index contributed by atoms with van der Waals surface area (Å²) in [5.74, 6) is 0.734. The fraction of sp³-hybridized carbons (Fsp3) is 0.267. The molecule has 1 aromatic carbocycles. The molecule has 0 amide bonds. The largest absolute Gasteiger partial charge is 0.437 e. The van der Waals surface area contributed by atoms with Gasteiger partial charge in [0.2, 0.25) is 5.88 Å². The van der Waals surface area contributed by atoms with E-state index in [2.05, 4.69) is 27.0 Å². The van der Waals surface area contributed by atoms with Crippen molar-refractivity contribution in [1.82, 2.24) is 4.98 Å². The van der Waals surface area contributed by atoms with Gasteiger partial charge in [-0.3, -0.25) is 0 Å². The Morgan fingerprint density at radius 1 is 1.30 bits per heavy atom. The van der Waals surface area contributed by atoms with Gasteiger partial charge >= 0.3 is 0 Å². The Kier molecular flexibility index (Phi) is 3.72. The zero-order chi connectivity index (χ0) is 14.1. The van der Waals surface area contributed by atoms with Crippen LogP contribution < -0.4 is 10.5 Å². The first-order chi connectivity index (χ1) is 9.67. The van der Waals surface area contributed by atoms with Crippen LogP contribution in [0, 0.1) is 5.82 Å². The number of benzene rings is 1. The summed E-state index contributed by atoms with van der Waals surface area (Å²) in [4.78, 5) is 4.57. The maximum absolute atomic E-state index is 13.1. The highest BCUT2D eigenvalue weighted by Gasteiger charge is 2.17. The molecule has 104 valence electrons. The highest BCUT2D eigenvalue weighted by atomic mass is 79.9. The number of hydrogen-bond acceptors (Lipinski definition) is 3. The van der Waals surface area contributed by atoms with Crippen LogP contribution in [0.3, 0.4) is 0 Å². The Hall–Kier alpha value is -1.46. The van der Waals surface area contributed by atoms with Crippen LogP contribution in [0.5, 0.6) is 11.6 Å². The summed E-state index contributed by atoms with van der Waals surface area (Å²) in [6, 6.07) is 6.37. The maximum atomic E-state index is 13.1. The molecule has 3 rings (SSSR count). The molecule has 0 aliphatic heterocycles. The average Bonchev–Trinajstić information content (AvgIpc) is 2.88. The minimum absolute atomic E-state index is 0.315. The van der Waals surface area contributed by atoms with E-state index in [1.54, 1.807) is 6.07 Å². The molecule has 0 fully saturated rings. The van der Waals surface area contributed by atoms with Crippen molar-refractivity contribution >= 4 is 15.9 Å². The number of fused-ring (bicyclic) bond motifs is 1. The molecule has 1 aromatic heterocycles. The smallest absolute Gasteiger partial charge is 0.224 e. The van der Waals surface area contributed by atoms with Gasteiger partial charge in [0.15, 0.2) is 0 Å². The Morgan fingerprint density at radius 2 is 2.15 bits per heavy atom. The van der Waals surface area contributed by atoms with Gasteiger partial charge in [0, 0.05) is 17.8 Å². The van der Waals surface area contributed by atoms with Crippen LogP contribution in [0.4, 0.5) is 4.39 Å². The summed E-state index contributed by atoms with van der Waals surface area (Å²) in [5.41, 5.74) is 8.98. The molecule has 0 radical (unpaired) electrons. The van der Waals surface area contributed by atoms with E-state index in [0.717, 1.165) is 30.5 Å². The second-order valence-corrected chi connectivity index (χ2v) is 5.65. The highest BCUT2D eigenvalue weighted by molar-refractivity contribution is 9.10. The minimum atomic E-state index is -0.315. The first-order valence-corrected chi connectivity index (χ1v) is 7.31. The van der Waals surface area contributed by atoms with E-state index >= 15 is 0 Å². The molecule has 0 saturated carbocycles. The molecular formula is C15H14BrFN2O. The van der Waals surface area contributed by atoms with Crippen molar-refractivity contribution in [2.45, 2.75) is 25.8 Å². The molecule has 1 aliphatic carbocycles. The summed E-state index contributed by atoms with van der Waals surface area (Å²) in [5, 5.41) is 0. The zero-order valence-electron chi connectivity index (χ0n) is 10.8. The SMILES string of the molecule is NCc1cc2c(nc1Oc1ccc(F)cc1Br)CCC2. The highest BCUT2D eigenvalue weighted by Crippen LogP contribution is 2.33. The van der Waals surface area contributed by atoms with Crippen molar-refractivity contribution < 1.29 is 9.13 Å². The van der Waals surface area contributed by atoms with E-state index in [-0.39, 0.29) is 5.82 Å². The van der Waals surface area contributed by atoms with Crippen LogP contribution in [0.2, 0.25) is 0 Å². The lowest BCUT2D eigenvalue weighted by Crippen LogP contribution is -2.04. The first kappa shape index (κ1) is 13.5. The normalized spacial score (nSPS) is 13.3. The Bertz CT molecular complexity index is 661. The summed E-state index contributed by atoms with van der Waals surface area (Å²) < 4.78 is 19.5. The molecule has 3 nitrogen and oxygen atoms in total. The predicted molar refractivity (Wildman–Crippen MR) is 78.3 cm³/mol. The molecule has 0 atom stereocenters. The van der Waals surface area contributed by atoms with Gasteiger partial charge in [0.05, 0.1) is 4.47 Å². The topological polar surface area (TPSA) is 48.1 Å². The molecule has 0 unspecified atom stereocenters. The van der Waals surface area contributed by atoms with Gasteiger partial charge in [-0.2, -0.15) is 0 Å². The van der Waals surface area contributed by atoms with Gasteiger partial charge in [-0.05, 0) is 65.0 Å². The van der Waals surface area contributed by atoms with Gasteiger partial charge in [-0.1, -0.05) is 0 Å². The molecule has 1 aliphatic rings. The summed E-state index contributed by atoms with van der Waals surface area (Å²) in [6.07, 6.45) is 3.15. The quantitative estimate of drug-likeness (QED) is 0.929. The maximum Gasteiger partial charge on any atom is 0.224 e. The van der Waals surface area contributed by atoms with Crippen LogP contribution >= 0.6 is 15.9 Å². The lowest BCUT2D eigenvalue weighted by molar-refractivity contribution is 0.450. The molecule has 0 bridgehead atoms. The minimum Gasteiger partial charge on any atom is -0.437 e. The summed E-state index contributed by atoms with van der Waals surface area (Å²) >= 11 is 3.29. The summed E-state index contributed by atoms with van der Waals surface area (Å²) in [6.45, 7) is 0.369. The molecule has 2 aromatic rings. The number of nitrogens with two attached hydrogens (primary N) is 1. The lowest BCUT2D eigenvalue weighted by Gasteiger charge is -2.12. The number of halogens is 2. The van der Waals surface area contributed by atoms with Crippen LogP contribution in [0.25, 0.3) is 0 Å². The van der Waals surface area contributed by atoms with Gasteiger partial charge in [-0.25, -0.2) is 9.37 Å². The number of aromatic nitrogens is 1. The molecule has 1 heterocycles. The predicted octanol–water partition coefficient (Wildman–Crippen LogP) is 3.72. The second-order valence-electron chi connectivity index (χ2n) is 4.79. The van der Waals surface area contributed by atoms with Crippen molar-refractivity contribution in [3.05, 3.63) is 51.4 Å². The monoisotopic (exact) mass is 336 g/mol. The van der Waals surface area contributed by atoms with Gasteiger partial charge in [-0.15, -0.1) is 0 Å². The Balaban J connectivity index is 1.97. The van der Waals surface area contributed by atoms with Crippen molar-refractivity contribution in [2.24, 2.45) is 5.73 Å². The number of nitrogens with zero attached hydrogens (tertiary/aromatic N) is 1. The van der Waals surface area contributed by atoms with Crippen molar-refractivity contribution in [3.63, 3.8) is 0 Å². The third kappa shape index (κ3) is 2.55. The molecular weight excluding hydrogens is 323 g/mol. The van der Waals surface area contributed by atoms with E-state index in [9.17, 15) is 4.39 Å². The van der Waals surface area contributed by atoms with Crippen LogP contribution in [0.15, 0.2) is 28.7 Å². The summed E-state index contributed by atoms with van der Waals surface area (Å²) in [7, 11) is 0. The average molecular weight is 337 g/mol. The van der Waals surface area contributed by atoms with Gasteiger partial charge < -0.3 is 10.5 Å². The van der Waals surface area contributed by atoms with Crippen LogP contribution in [0.1, 0.15) is 23.2 Å². The molecule has 0 saturated heterocycles. The van der Waals surface area contributed by atoms with Crippen LogP contribution in [-0.4, -0.2) is 4.98 Å². The van der Waals surface area contributed by atoms with Crippen molar-refractivity contribution in [3.8, 4) is 11.6 Å². The van der Waals surface area contributed by atoms with Gasteiger partial charge in [0.1, 0.15) is 11.6 Å². The fourth-order valence-corrected chi connectivity index (χ4v) is 2.83. The molecule has 5 heteroatoms. The number of aryl methyl sites for hydroxylation is 2. The van der Waals surface area contributed by atoms with E-state index in [1.807, 2.05) is 0 Å². The van der Waals surface area contributed by atoms with Crippen LogP contribution in [-0.2, 0) is 19.4 Å². The second kappa shape index (κ2) is 5.50. The third-order valence-electron chi connectivity index (χ3n) is 3.41. The molecule has 2 N–H and O–H groups in total. The third-order valence-corrected chi connectivity index (χ3v) is 4.03.